The molecule has 3 aliphatic carbocycles. The van der Waals surface area contributed by atoms with Crippen LogP contribution in [0.4, 0.5) is 0 Å². The summed E-state index contributed by atoms with van der Waals surface area (Å²) in [6.45, 7) is 0. The quantitative estimate of drug-likeness (QED) is 0.342. The number of carbonyl (C=O) groups is 1. The van der Waals surface area contributed by atoms with Gasteiger partial charge in [-0.2, -0.15) is 5.26 Å². The summed E-state index contributed by atoms with van der Waals surface area (Å²) >= 11 is 0. The fourth-order valence-corrected chi connectivity index (χ4v) is 6.83. The van der Waals surface area contributed by atoms with E-state index < -0.39 is 16.8 Å². The zero-order valence-corrected chi connectivity index (χ0v) is 23.7. The van der Waals surface area contributed by atoms with Gasteiger partial charge >= 0.3 is 5.97 Å². The molecule has 7 heteroatoms. The van der Waals surface area contributed by atoms with Crippen LogP contribution in [0.5, 0.6) is 23.0 Å². The number of nitrogens with zero attached hydrogens (tertiary/aromatic N) is 1. The van der Waals surface area contributed by atoms with Crippen LogP contribution in [0, 0.1) is 16.7 Å². The summed E-state index contributed by atoms with van der Waals surface area (Å²) in [6, 6.07) is 14.1. The van der Waals surface area contributed by atoms with Crippen molar-refractivity contribution in [3.8, 4) is 29.1 Å². The molecule has 0 spiro atoms. The molecule has 2 aromatic carbocycles. The Morgan fingerprint density at radius 3 is 1.95 bits per heavy atom. The molecule has 0 amide bonds. The predicted molar refractivity (Wildman–Crippen MR) is 151 cm³/mol. The lowest BCUT2D eigenvalue weighted by atomic mass is 9.60. The van der Waals surface area contributed by atoms with Crippen molar-refractivity contribution in [1.29, 1.82) is 5.26 Å². The third kappa shape index (κ3) is 5.73. The zero-order chi connectivity index (χ0) is 28.2. The molecule has 1 N–H and O–H groups in total. The highest BCUT2D eigenvalue weighted by Gasteiger charge is 2.48. The highest BCUT2D eigenvalue weighted by atomic mass is 16.5. The summed E-state index contributed by atoms with van der Waals surface area (Å²) in [5.41, 5.74) is 0.0573. The number of carboxylic acids is 1. The van der Waals surface area contributed by atoms with E-state index in [1.807, 2.05) is 36.4 Å². The Labute approximate surface area is 237 Å². The summed E-state index contributed by atoms with van der Waals surface area (Å²) in [7, 11) is 3.25. The molecule has 0 saturated heterocycles. The number of hydrogen-bond acceptors (Lipinski definition) is 6. The Bertz CT molecular complexity index is 1230. The first-order chi connectivity index (χ1) is 19.4. The van der Waals surface area contributed by atoms with Gasteiger partial charge < -0.3 is 24.1 Å². The minimum atomic E-state index is -0.950. The molecule has 3 saturated carbocycles. The third-order valence-electron chi connectivity index (χ3n) is 9.41. The molecule has 0 heterocycles. The van der Waals surface area contributed by atoms with Crippen molar-refractivity contribution in [2.75, 3.05) is 14.2 Å². The minimum absolute atomic E-state index is 0.167. The predicted octanol–water partition coefficient (Wildman–Crippen LogP) is 7.00. The van der Waals surface area contributed by atoms with Crippen LogP contribution >= 0.6 is 0 Å². The summed E-state index contributed by atoms with van der Waals surface area (Å²) in [5.74, 6) is 1.87. The average Bonchev–Trinajstić information content (AvgIpc) is 3.69. The van der Waals surface area contributed by atoms with E-state index in [1.165, 1.54) is 12.8 Å². The largest absolute Gasteiger partial charge is 0.493 e. The molecule has 5 rings (SSSR count). The van der Waals surface area contributed by atoms with Gasteiger partial charge in [0.1, 0.15) is 0 Å². The van der Waals surface area contributed by atoms with Gasteiger partial charge in [-0.1, -0.05) is 12.1 Å². The monoisotopic (exact) mass is 547 g/mol. The van der Waals surface area contributed by atoms with Gasteiger partial charge in [0, 0.05) is 0 Å². The molecular formula is C33H41NO6. The lowest BCUT2D eigenvalue weighted by Crippen LogP contribution is -2.42. The first kappa shape index (κ1) is 28.1. The van der Waals surface area contributed by atoms with Gasteiger partial charge in [-0.05, 0) is 119 Å². The first-order valence-electron chi connectivity index (χ1n) is 14.7. The van der Waals surface area contributed by atoms with Crippen LogP contribution < -0.4 is 18.9 Å². The Morgan fingerprint density at radius 2 is 1.40 bits per heavy atom. The van der Waals surface area contributed by atoms with Crippen molar-refractivity contribution in [3.05, 3.63) is 47.5 Å². The van der Waals surface area contributed by atoms with Crippen molar-refractivity contribution in [2.24, 2.45) is 5.41 Å². The van der Waals surface area contributed by atoms with Gasteiger partial charge in [-0.25, -0.2) is 0 Å². The molecular weight excluding hydrogens is 506 g/mol. The molecule has 0 atom stereocenters. The Kier molecular flexibility index (Phi) is 8.44. The number of nitriles is 1. The van der Waals surface area contributed by atoms with Gasteiger partial charge in [-0.3, -0.25) is 4.79 Å². The van der Waals surface area contributed by atoms with Crippen LogP contribution in [0.2, 0.25) is 0 Å². The fraction of sp³-hybridized carbons (Fsp3) is 0.576. The smallest absolute Gasteiger partial charge is 0.309 e. The number of aliphatic carboxylic acids is 1. The maximum atomic E-state index is 12.7. The second-order valence-electron chi connectivity index (χ2n) is 11.9. The normalized spacial score (nSPS) is 25.3. The average molecular weight is 548 g/mol. The van der Waals surface area contributed by atoms with E-state index in [9.17, 15) is 15.2 Å². The molecule has 0 aromatic heterocycles. The lowest BCUT2D eigenvalue weighted by molar-refractivity contribution is -0.151. The van der Waals surface area contributed by atoms with Crippen LogP contribution in [0.3, 0.4) is 0 Å². The molecule has 0 unspecified atom stereocenters. The van der Waals surface area contributed by atoms with Gasteiger partial charge in [0.15, 0.2) is 23.0 Å². The maximum Gasteiger partial charge on any atom is 0.309 e. The molecule has 214 valence electrons. The second-order valence-corrected chi connectivity index (χ2v) is 11.9. The minimum Gasteiger partial charge on any atom is -0.493 e. The lowest BCUT2D eigenvalue weighted by Gasteiger charge is -2.41. The van der Waals surface area contributed by atoms with E-state index in [1.54, 1.807) is 14.2 Å². The van der Waals surface area contributed by atoms with Crippen LogP contribution in [-0.2, 0) is 16.6 Å². The van der Waals surface area contributed by atoms with E-state index in [2.05, 4.69) is 6.07 Å². The Hall–Kier alpha value is -3.40. The van der Waals surface area contributed by atoms with Crippen molar-refractivity contribution < 1.29 is 28.8 Å². The second kappa shape index (κ2) is 12.0. The van der Waals surface area contributed by atoms with E-state index >= 15 is 0 Å². The molecule has 0 radical (unpaired) electrons. The maximum absolute atomic E-state index is 12.7. The van der Waals surface area contributed by atoms with Crippen LogP contribution in [-0.4, -0.2) is 37.5 Å². The highest BCUT2D eigenvalue weighted by Crippen LogP contribution is 2.50. The van der Waals surface area contributed by atoms with E-state index in [-0.39, 0.29) is 12.2 Å². The van der Waals surface area contributed by atoms with Gasteiger partial charge in [0.05, 0.1) is 43.3 Å². The van der Waals surface area contributed by atoms with Crippen LogP contribution in [0.15, 0.2) is 36.4 Å². The number of rotatable bonds is 10. The number of ether oxygens (including phenoxy) is 4. The van der Waals surface area contributed by atoms with E-state index in [0.717, 1.165) is 49.7 Å². The molecule has 3 aliphatic rings. The summed E-state index contributed by atoms with van der Waals surface area (Å²) in [5, 5.41) is 20.8. The van der Waals surface area contributed by atoms with Gasteiger partial charge in [0.25, 0.3) is 0 Å². The first-order valence-corrected chi connectivity index (χ1v) is 14.7. The zero-order valence-electron chi connectivity index (χ0n) is 23.7. The molecule has 0 bridgehead atoms. The van der Waals surface area contributed by atoms with Crippen molar-refractivity contribution in [2.45, 2.75) is 101 Å². The number of hydrogen-bond donors (Lipinski definition) is 1. The van der Waals surface area contributed by atoms with Crippen LogP contribution in [0.25, 0.3) is 0 Å². The van der Waals surface area contributed by atoms with E-state index in [4.69, 9.17) is 18.9 Å². The van der Waals surface area contributed by atoms with Crippen molar-refractivity contribution >= 4 is 5.97 Å². The van der Waals surface area contributed by atoms with Gasteiger partial charge in [0.2, 0.25) is 0 Å². The molecule has 40 heavy (non-hydrogen) atoms. The standard InChI is InChI=1S/C33H41NO6/c1-37-27-14-12-24(20-30(27)40-26-9-5-6-10-26)33(22-34)17-15-32(16-18-33,31(35)36)21-23-11-13-28(29(19-23)38-2)39-25-7-3-4-8-25/h11-14,19-20,25-26H,3-10,15-18,21H2,1-2H3,(H,35,36). The number of carboxylic acid groups (broad SMARTS) is 1. The molecule has 0 aliphatic heterocycles. The topological polar surface area (TPSA) is 98.0 Å². The Morgan fingerprint density at radius 1 is 0.825 bits per heavy atom. The fourth-order valence-electron chi connectivity index (χ4n) is 6.83. The molecule has 2 aromatic rings. The molecule has 3 fully saturated rings. The van der Waals surface area contributed by atoms with Crippen molar-refractivity contribution in [1.82, 2.24) is 0 Å². The van der Waals surface area contributed by atoms with E-state index in [0.29, 0.717) is 55.1 Å². The summed E-state index contributed by atoms with van der Waals surface area (Å²) < 4.78 is 23.7. The number of methoxy groups -OCH3 is 2. The highest BCUT2D eigenvalue weighted by molar-refractivity contribution is 5.75. The Balaban J connectivity index is 1.34. The van der Waals surface area contributed by atoms with Crippen LogP contribution in [0.1, 0.15) is 88.2 Å². The number of benzene rings is 2. The molecule has 7 nitrogen and oxygen atoms in total. The summed E-state index contributed by atoms with van der Waals surface area (Å²) in [4.78, 5) is 12.7. The van der Waals surface area contributed by atoms with Gasteiger partial charge in [-0.15, -0.1) is 0 Å². The SMILES string of the molecule is COc1cc(CC2(C(=O)O)CCC(C#N)(c3ccc(OC)c(OC4CCCC4)c3)CC2)ccc1OC1CCCC1. The van der Waals surface area contributed by atoms with Crippen molar-refractivity contribution in [3.63, 3.8) is 0 Å². The third-order valence-corrected chi connectivity index (χ3v) is 9.41. The summed E-state index contributed by atoms with van der Waals surface area (Å²) in [6.07, 6.45) is 11.3.